The van der Waals surface area contributed by atoms with Gasteiger partial charge in [-0.2, -0.15) is 4.98 Å². The van der Waals surface area contributed by atoms with Crippen LogP contribution in [0, 0.1) is 0 Å². The number of anilines is 1. The van der Waals surface area contributed by atoms with Gasteiger partial charge in [0.25, 0.3) is 0 Å². The molecule has 11 heteroatoms. The molecule has 1 aliphatic rings. The summed E-state index contributed by atoms with van der Waals surface area (Å²) in [7, 11) is 0. The number of rotatable bonds is 20. The van der Waals surface area contributed by atoms with Gasteiger partial charge in [0.2, 0.25) is 5.91 Å². The highest BCUT2D eigenvalue weighted by Gasteiger charge is 2.29. The van der Waals surface area contributed by atoms with Crippen molar-refractivity contribution in [2.45, 2.75) is 70.0 Å². The SMILES string of the molecule is CC/C=C\C/C=C\C/C=C\C/C=C\C/C=C\C/C=C\CCC(=O)NCCNC(=O)OC[C@@H]1OC(n2ccc(N)nc2=O)CS1. The lowest BCUT2D eigenvalue weighted by Crippen LogP contribution is -2.35. The molecule has 1 aromatic heterocycles. The Hall–Kier alpha value is -3.83. The third kappa shape index (κ3) is 17.3. The molecular formula is C33H47N5O5S. The fourth-order valence-corrected chi connectivity index (χ4v) is 4.81. The largest absolute Gasteiger partial charge is 0.446 e. The van der Waals surface area contributed by atoms with Gasteiger partial charge in [0, 0.05) is 31.5 Å². The van der Waals surface area contributed by atoms with Crippen LogP contribution in [0.1, 0.15) is 64.5 Å². The van der Waals surface area contributed by atoms with Crippen molar-refractivity contribution in [1.82, 2.24) is 20.2 Å². The molecule has 4 N–H and O–H groups in total. The summed E-state index contributed by atoms with van der Waals surface area (Å²) in [6.45, 7) is 2.73. The fraction of sp³-hybridized carbons (Fsp3) is 0.455. The Morgan fingerprint density at radius 2 is 1.52 bits per heavy atom. The molecule has 0 spiro atoms. The van der Waals surface area contributed by atoms with Crippen LogP contribution in [-0.4, -0.2) is 52.4 Å². The quantitative estimate of drug-likeness (QED) is 0.123. The molecule has 2 rings (SSSR count). The first-order chi connectivity index (χ1) is 21.5. The second-order valence-corrected chi connectivity index (χ2v) is 10.9. The van der Waals surface area contributed by atoms with Crippen molar-refractivity contribution in [3.05, 3.63) is 95.7 Å². The zero-order valence-corrected chi connectivity index (χ0v) is 26.5. The molecule has 1 aliphatic heterocycles. The van der Waals surface area contributed by atoms with Crippen molar-refractivity contribution < 1.29 is 19.1 Å². The lowest BCUT2D eigenvalue weighted by atomic mass is 10.2. The number of amides is 2. The second kappa shape index (κ2) is 23.6. The Morgan fingerprint density at radius 1 is 0.955 bits per heavy atom. The van der Waals surface area contributed by atoms with E-state index in [0.717, 1.165) is 38.5 Å². The van der Waals surface area contributed by atoms with Crippen LogP contribution in [0.2, 0.25) is 0 Å². The Morgan fingerprint density at radius 3 is 2.11 bits per heavy atom. The molecule has 1 unspecified atom stereocenters. The first kappa shape index (κ1) is 36.4. The highest BCUT2D eigenvalue weighted by Crippen LogP contribution is 2.31. The molecule has 240 valence electrons. The first-order valence-corrected chi connectivity index (χ1v) is 16.2. The van der Waals surface area contributed by atoms with Crippen LogP contribution in [0.3, 0.4) is 0 Å². The highest BCUT2D eigenvalue weighted by molar-refractivity contribution is 8.00. The van der Waals surface area contributed by atoms with Gasteiger partial charge >= 0.3 is 11.8 Å². The molecular weight excluding hydrogens is 578 g/mol. The van der Waals surface area contributed by atoms with Crippen molar-refractivity contribution in [3.8, 4) is 0 Å². The lowest BCUT2D eigenvalue weighted by molar-refractivity contribution is -0.120. The summed E-state index contributed by atoms with van der Waals surface area (Å²) >= 11 is 1.43. The fourth-order valence-electron chi connectivity index (χ4n) is 3.83. The average Bonchev–Trinajstić information content (AvgIpc) is 3.48. The normalized spacial score (nSPS) is 17.3. The number of nitrogen functional groups attached to an aromatic ring is 1. The van der Waals surface area contributed by atoms with Gasteiger partial charge in [-0.1, -0.05) is 79.8 Å². The van der Waals surface area contributed by atoms with E-state index in [1.165, 1.54) is 28.6 Å². The van der Waals surface area contributed by atoms with Crippen LogP contribution in [0.4, 0.5) is 10.6 Å². The summed E-state index contributed by atoms with van der Waals surface area (Å²) in [4.78, 5) is 39.5. The van der Waals surface area contributed by atoms with Crippen LogP contribution in [0.15, 0.2) is 90.0 Å². The first-order valence-electron chi connectivity index (χ1n) is 15.2. The maximum atomic E-state index is 12.0. The number of hydrogen-bond acceptors (Lipinski definition) is 8. The Bertz CT molecular complexity index is 1220. The van der Waals surface area contributed by atoms with E-state index in [-0.39, 0.29) is 24.9 Å². The van der Waals surface area contributed by atoms with Gasteiger partial charge in [0.05, 0.1) is 0 Å². The summed E-state index contributed by atoms with van der Waals surface area (Å²) in [5.41, 5.74) is 4.62. The number of ether oxygens (including phenoxy) is 2. The summed E-state index contributed by atoms with van der Waals surface area (Å²) in [6.07, 6.45) is 33.1. The maximum Gasteiger partial charge on any atom is 0.407 e. The molecule has 0 saturated carbocycles. The van der Waals surface area contributed by atoms with Gasteiger partial charge in [0.15, 0.2) is 0 Å². The molecule has 0 bridgehead atoms. The molecule has 0 radical (unpaired) electrons. The van der Waals surface area contributed by atoms with Crippen LogP contribution in [0.5, 0.6) is 0 Å². The zero-order chi connectivity index (χ0) is 31.7. The van der Waals surface area contributed by atoms with Gasteiger partial charge < -0.3 is 25.8 Å². The number of alkyl carbamates (subject to hydrolysis) is 1. The smallest absolute Gasteiger partial charge is 0.407 e. The number of allylic oxidation sites excluding steroid dienone is 12. The van der Waals surface area contributed by atoms with Crippen molar-refractivity contribution in [1.29, 1.82) is 0 Å². The second-order valence-electron chi connectivity index (χ2n) is 9.72. The van der Waals surface area contributed by atoms with Gasteiger partial charge in [-0.05, 0) is 51.0 Å². The summed E-state index contributed by atoms with van der Waals surface area (Å²) in [6, 6.07) is 1.52. The topological polar surface area (TPSA) is 138 Å². The molecule has 2 amide bonds. The number of aromatic nitrogens is 2. The molecule has 1 fully saturated rings. The number of thioether (sulfide) groups is 1. The van der Waals surface area contributed by atoms with Gasteiger partial charge in [-0.3, -0.25) is 9.36 Å². The molecule has 1 saturated heterocycles. The number of carbonyl (C=O) groups is 2. The van der Waals surface area contributed by atoms with Crippen molar-refractivity contribution in [2.75, 3.05) is 31.2 Å². The Kier molecular flexibility index (Phi) is 19.5. The van der Waals surface area contributed by atoms with Crippen LogP contribution < -0.4 is 22.1 Å². The van der Waals surface area contributed by atoms with Crippen molar-refractivity contribution in [3.63, 3.8) is 0 Å². The number of nitrogens with one attached hydrogen (secondary N) is 2. The van der Waals surface area contributed by atoms with E-state index in [4.69, 9.17) is 15.2 Å². The van der Waals surface area contributed by atoms with E-state index in [1.807, 2.05) is 6.08 Å². The highest BCUT2D eigenvalue weighted by atomic mass is 32.2. The monoisotopic (exact) mass is 625 g/mol. The number of carbonyl (C=O) groups excluding carboxylic acids is 2. The van der Waals surface area contributed by atoms with Crippen molar-refractivity contribution >= 4 is 29.6 Å². The van der Waals surface area contributed by atoms with E-state index in [1.54, 1.807) is 0 Å². The van der Waals surface area contributed by atoms with Gasteiger partial charge in [-0.25, -0.2) is 9.59 Å². The predicted octanol–water partition coefficient (Wildman–Crippen LogP) is 5.73. The standard InChI is InChI=1S/C33H47N5O5S/c1-2-3-4-5-6-7-8-9-10-11-12-13-14-15-16-17-18-19-20-21-29(39)35-23-24-36-33(41)42-26-31-43-30(27-44-31)38-25-22-28(34)37-32(38)40/h3-4,6-7,9-10,12-13,15-16,18-19,22,25,30-31H,2,5,8,11,14,17,20-21,23-24,26-27H2,1H3,(H,35,39)(H,36,41)(H2,34,37,40)/b4-3-,7-6-,10-9-,13-12-,16-15-,19-18-/t30?,31-/m1/s1. The minimum atomic E-state index is -0.601. The van der Waals surface area contributed by atoms with E-state index >= 15 is 0 Å². The van der Waals surface area contributed by atoms with Gasteiger partial charge in [-0.15, -0.1) is 11.8 Å². The predicted molar refractivity (Wildman–Crippen MR) is 179 cm³/mol. The Labute approximate surface area is 265 Å². The van der Waals surface area contributed by atoms with E-state index in [9.17, 15) is 14.4 Å². The summed E-state index contributed by atoms with van der Waals surface area (Å²) in [5.74, 6) is 0.592. The molecule has 0 aliphatic carbocycles. The van der Waals surface area contributed by atoms with E-state index in [0.29, 0.717) is 25.1 Å². The van der Waals surface area contributed by atoms with Gasteiger partial charge in [0.1, 0.15) is 24.1 Å². The summed E-state index contributed by atoms with van der Waals surface area (Å²) < 4.78 is 12.3. The molecule has 1 aromatic rings. The number of hydrogen-bond donors (Lipinski definition) is 3. The average molecular weight is 626 g/mol. The Balaban J connectivity index is 1.41. The van der Waals surface area contributed by atoms with Crippen LogP contribution >= 0.6 is 11.8 Å². The van der Waals surface area contributed by atoms with E-state index in [2.05, 4.69) is 89.4 Å². The van der Waals surface area contributed by atoms with Crippen molar-refractivity contribution in [2.24, 2.45) is 0 Å². The third-order valence-corrected chi connectivity index (χ3v) is 7.19. The number of nitrogens with two attached hydrogens (primary N) is 1. The minimum absolute atomic E-state index is 0.0302. The molecule has 0 aromatic carbocycles. The lowest BCUT2D eigenvalue weighted by Gasteiger charge is -2.15. The van der Waals surface area contributed by atoms with Crippen LogP contribution in [0.25, 0.3) is 0 Å². The minimum Gasteiger partial charge on any atom is -0.446 e. The molecule has 2 heterocycles. The van der Waals surface area contributed by atoms with Crippen LogP contribution in [-0.2, 0) is 14.3 Å². The molecule has 2 atom stereocenters. The molecule has 10 nitrogen and oxygen atoms in total. The zero-order valence-electron chi connectivity index (χ0n) is 25.6. The maximum absolute atomic E-state index is 12.0. The summed E-state index contributed by atoms with van der Waals surface area (Å²) in [5, 5.41) is 5.37. The third-order valence-electron chi connectivity index (χ3n) is 6.10. The van der Waals surface area contributed by atoms with E-state index < -0.39 is 23.4 Å². The molecule has 44 heavy (non-hydrogen) atoms. The number of nitrogens with zero attached hydrogens (tertiary/aromatic N) is 2.